The van der Waals surface area contributed by atoms with Crippen LogP contribution in [-0.2, 0) is 4.79 Å². The lowest BCUT2D eigenvalue weighted by molar-refractivity contribution is -0.118. The largest absolute Gasteiger partial charge is 0.370 e. The van der Waals surface area contributed by atoms with Crippen molar-refractivity contribution in [1.82, 2.24) is 0 Å². The van der Waals surface area contributed by atoms with Gasteiger partial charge in [0, 0.05) is 15.4 Å². The first-order valence-corrected chi connectivity index (χ1v) is 5.82. The van der Waals surface area contributed by atoms with E-state index < -0.39 is 0 Å². The Morgan fingerprint density at radius 3 is 2.29 bits per heavy atom. The zero-order valence-electron chi connectivity index (χ0n) is 7.76. The van der Waals surface area contributed by atoms with Gasteiger partial charge < -0.3 is 5.73 Å². The van der Waals surface area contributed by atoms with Gasteiger partial charge in [-0.25, -0.2) is 0 Å². The van der Waals surface area contributed by atoms with Gasteiger partial charge in [-0.1, -0.05) is 38.8 Å². The molecule has 0 saturated heterocycles. The van der Waals surface area contributed by atoms with E-state index in [1.165, 1.54) is 0 Å². The van der Waals surface area contributed by atoms with Crippen molar-refractivity contribution in [2.45, 2.75) is 19.3 Å². The van der Waals surface area contributed by atoms with Crippen molar-refractivity contribution in [3.63, 3.8) is 0 Å². The highest BCUT2D eigenvalue weighted by Crippen LogP contribution is 2.26. The molecule has 0 aromatic heterocycles. The lowest BCUT2D eigenvalue weighted by Gasteiger charge is -2.10. The second-order valence-corrected chi connectivity index (χ2v) is 5.11. The molecular formula is C10H11Br2NO. The second kappa shape index (κ2) is 4.94. The summed E-state index contributed by atoms with van der Waals surface area (Å²) < 4.78 is 2.00. The Hall–Kier alpha value is -0.350. The zero-order chi connectivity index (χ0) is 10.7. The van der Waals surface area contributed by atoms with E-state index in [4.69, 9.17) is 5.73 Å². The maximum atomic E-state index is 10.8. The minimum atomic E-state index is -0.270. The van der Waals surface area contributed by atoms with Gasteiger partial charge in [-0.15, -0.1) is 0 Å². The van der Waals surface area contributed by atoms with E-state index in [1.54, 1.807) is 0 Å². The Morgan fingerprint density at radius 2 is 1.86 bits per heavy atom. The highest BCUT2D eigenvalue weighted by Gasteiger charge is 2.09. The monoisotopic (exact) mass is 319 g/mol. The molecule has 1 unspecified atom stereocenters. The van der Waals surface area contributed by atoms with Gasteiger partial charge in [0.05, 0.1) is 0 Å². The molecule has 0 saturated carbocycles. The van der Waals surface area contributed by atoms with Gasteiger partial charge in [0.2, 0.25) is 5.91 Å². The SMILES string of the molecule is CC(CC(N)=O)c1cc(Br)cc(Br)c1. The highest BCUT2D eigenvalue weighted by molar-refractivity contribution is 9.11. The minimum absolute atomic E-state index is 0.154. The third-order valence-corrected chi connectivity index (χ3v) is 2.88. The smallest absolute Gasteiger partial charge is 0.218 e. The summed E-state index contributed by atoms with van der Waals surface area (Å²) in [6.07, 6.45) is 0.378. The molecule has 2 nitrogen and oxygen atoms in total. The molecule has 1 atom stereocenters. The van der Waals surface area contributed by atoms with Gasteiger partial charge in [-0.05, 0) is 29.7 Å². The van der Waals surface area contributed by atoms with E-state index >= 15 is 0 Å². The summed E-state index contributed by atoms with van der Waals surface area (Å²) in [5.41, 5.74) is 6.25. The minimum Gasteiger partial charge on any atom is -0.370 e. The quantitative estimate of drug-likeness (QED) is 0.913. The van der Waals surface area contributed by atoms with Gasteiger partial charge in [-0.2, -0.15) is 0 Å². The van der Waals surface area contributed by atoms with E-state index in [1.807, 2.05) is 25.1 Å². The van der Waals surface area contributed by atoms with E-state index in [0.717, 1.165) is 14.5 Å². The lowest BCUT2D eigenvalue weighted by atomic mass is 9.98. The number of primary amides is 1. The van der Waals surface area contributed by atoms with Gasteiger partial charge in [0.25, 0.3) is 0 Å². The standard InChI is InChI=1S/C10H11Br2NO/c1-6(2-10(13)14)7-3-8(11)5-9(12)4-7/h3-6H,2H2,1H3,(H2,13,14). The summed E-state index contributed by atoms with van der Waals surface area (Å²) >= 11 is 6.80. The normalized spacial score (nSPS) is 12.5. The Morgan fingerprint density at radius 1 is 1.36 bits per heavy atom. The number of hydrogen-bond donors (Lipinski definition) is 1. The van der Waals surface area contributed by atoms with E-state index in [2.05, 4.69) is 31.9 Å². The Bertz CT molecular complexity index is 332. The molecule has 1 aromatic carbocycles. The van der Waals surface area contributed by atoms with Crippen LogP contribution in [-0.4, -0.2) is 5.91 Å². The Labute approximate surface area is 100 Å². The summed E-state index contributed by atoms with van der Waals surface area (Å²) in [6, 6.07) is 5.96. The van der Waals surface area contributed by atoms with Gasteiger partial charge in [0.15, 0.2) is 0 Å². The van der Waals surface area contributed by atoms with Crippen molar-refractivity contribution < 1.29 is 4.79 Å². The van der Waals surface area contributed by atoms with Gasteiger partial charge in [-0.3, -0.25) is 4.79 Å². The third kappa shape index (κ3) is 3.42. The number of nitrogens with two attached hydrogens (primary N) is 1. The lowest BCUT2D eigenvalue weighted by Crippen LogP contribution is -2.13. The first kappa shape index (κ1) is 11.7. The molecule has 1 amide bonds. The molecule has 76 valence electrons. The van der Waals surface area contributed by atoms with Crippen molar-refractivity contribution >= 4 is 37.8 Å². The predicted octanol–water partition coefficient (Wildman–Crippen LogP) is 3.19. The molecule has 0 heterocycles. The molecule has 4 heteroatoms. The number of carbonyl (C=O) groups is 1. The molecule has 0 fully saturated rings. The van der Waals surface area contributed by atoms with E-state index in [9.17, 15) is 4.79 Å². The fourth-order valence-electron chi connectivity index (χ4n) is 1.28. The summed E-state index contributed by atoms with van der Waals surface area (Å²) in [4.78, 5) is 10.8. The molecule has 1 rings (SSSR count). The predicted molar refractivity (Wildman–Crippen MR) is 64.1 cm³/mol. The second-order valence-electron chi connectivity index (χ2n) is 3.27. The summed E-state index contributed by atoms with van der Waals surface area (Å²) in [7, 11) is 0. The fourth-order valence-corrected chi connectivity index (χ4v) is 2.61. The van der Waals surface area contributed by atoms with Gasteiger partial charge >= 0.3 is 0 Å². The van der Waals surface area contributed by atoms with Crippen LogP contribution in [0.1, 0.15) is 24.8 Å². The summed E-state index contributed by atoms with van der Waals surface area (Å²) in [5, 5.41) is 0. The third-order valence-electron chi connectivity index (χ3n) is 1.96. The van der Waals surface area contributed by atoms with Crippen LogP contribution in [0, 0.1) is 0 Å². The molecule has 14 heavy (non-hydrogen) atoms. The number of amides is 1. The van der Waals surface area contributed by atoms with Crippen LogP contribution in [0.5, 0.6) is 0 Å². The van der Waals surface area contributed by atoms with Crippen LogP contribution in [0.15, 0.2) is 27.1 Å². The highest BCUT2D eigenvalue weighted by atomic mass is 79.9. The molecule has 1 aromatic rings. The van der Waals surface area contributed by atoms with Crippen LogP contribution in [0.25, 0.3) is 0 Å². The Kier molecular flexibility index (Phi) is 4.13. The van der Waals surface area contributed by atoms with Crippen LogP contribution >= 0.6 is 31.9 Å². The fraction of sp³-hybridized carbons (Fsp3) is 0.300. The van der Waals surface area contributed by atoms with Crippen molar-refractivity contribution in [2.75, 3.05) is 0 Å². The number of benzene rings is 1. The Balaban J connectivity index is 2.89. The maximum Gasteiger partial charge on any atom is 0.218 e. The number of rotatable bonds is 3. The molecule has 0 aliphatic carbocycles. The van der Waals surface area contributed by atoms with Crippen LogP contribution in [0.2, 0.25) is 0 Å². The van der Waals surface area contributed by atoms with Crippen molar-refractivity contribution in [2.24, 2.45) is 5.73 Å². The van der Waals surface area contributed by atoms with Gasteiger partial charge in [0.1, 0.15) is 0 Å². The first-order valence-electron chi connectivity index (χ1n) is 4.23. The first-order chi connectivity index (χ1) is 6.49. The summed E-state index contributed by atoms with van der Waals surface area (Å²) in [6.45, 7) is 1.99. The maximum absolute atomic E-state index is 10.8. The molecule has 0 aliphatic heterocycles. The zero-order valence-corrected chi connectivity index (χ0v) is 10.9. The van der Waals surface area contributed by atoms with Crippen LogP contribution in [0.4, 0.5) is 0 Å². The molecule has 0 spiro atoms. The molecular weight excluding hydrogens is 310 g/mol. The molecule has 0 aliphatic rings. The summed E-state index contributed by atoms with van der Waals surface area (Å²) in [5.74, 6) is -0.116. The van der Waals surface area contributed by atoms with E-state index in [0.29, 0.717) is 6.42 Å². The average Bonchev–Trinajstić information content (AvgIpc) is 2.00. The number of halogens is 2. The van der Waals surface area contributed by atoms with Crippen molar-refractivity contribution in [1.29, 1.82) is 0 Å². The number of hydrogen-bond acceptors (Lipinski definition) is 1. The molecule has 2 N–H and O–H groups in total. The van der Waals surface area contributed by atoms with Crippen molar-refractivity contribution in [3.05, 3.63) is 32.7 Å². The van der Waals surface area contributed by atoms with E-state index in [-0.39, 0.29) is 11.8 Å². The molecule has 0 bridgehead atoms. The van der Waals surface area contributed by atoms with Crippen LogP contribution in [0.3, 0.4) is 0 Å². The topological polar surface area (TPSA) is 43.1 Å². The molecule has 0 radical (unpaired) electrons. The van der Waals surface area contributed by atoms with Crippen molar-refractivity contribution in [3.8, 4) is 0 Å². The number of carbonyl (C=O) groups excluding carboxylic acids is 1. The van der Waals surface area contributed by atoms with Crippen LogP contribution < -0.4 is 5.73 Å². The average molecular weight is 321 g/mol.